The zero-order valence-corrected chi connectivity index (χ0v) is 11.1. The largest absolute Gasteiger partial charge is 0.488 e. The first kappa shape index (κ1) is 13.7. The van der Waals surface area contributed by atoms with Gasteiger partial charge in [0.25, 0.3) is 0 Å². The molecule has 2 rings (SSSR count). The van der Waals surface area contributed by atoms with Crippen LogP contribution in [0.4, 0.5) is 5.69 Å². The Balaban J connectivity index is 2.10. The lowest BCUT2D eigenvalue weighted by Crippen LogP contribution is -2.26. The second kappa shape index (κ2) is 6.43. The summed E-state index contributed by atoms with van der Waals surface area (Å²) in [5.74, 6) is 0.178. The highest BCUT2D eigenvalue weighted by molar-refractivity contribution is 5.90. The summed E-state index contributed by atoms with van der Waals surface area (Å²) < 4.78 is 16.1. The van der Waals surface area contributed by atoms with Gasteiger partial charge in [-0.15, -0.1) is 0 Å². The topological polar surface area (TPSA) is 70.8 Å². The number of hydrogen-bond donors (Lipinski definition) is 1. The molecule has 1 aromatic carbocycles. The maximum atomic E-state index is 11.7. The van der Waals surface area contributed by atoms with Crippen molar-refractivity contribution in [3.8, 4) is 5.75 Å². The summed E-state index contributed by atoms with van der Waals surface area (Å²) in [6, 6.07) is 4.95. The van der Waals surface area contributed by atoms with Gasteiger partial charge < -0.3 is 19.9 Å². The van der Waals surface area contributed by atoms with Crippen molar-refractivity contribution in [2.45, 2.75) is 25.9 Å². The summed E-state index contributed by atoms with van der Waals surface area (Å²) in [6.07, 6.45) is 1.76. The minimum Gasteiger partial charge on any atom is -0.488 e. The van der Waals surface area contributed by atoms with E-state index in [9.17, 15) is 4.79 Å². The summed E-state index contributed by atoms with van der Waals surface area (Å²) in [6.45, 7) is 3.51. The zero-order chi connectivity index (χ0) is 13.7. The van der Waals surface area contributed by atoms with Crippen LogP contribution in [0.2, 0.25) is 0 Å². The van der Waals surface area contributed by atoms with Crippen molar-refractivity contribution in [3.05, 3.63) is 23.8 Å². The SMILES string of the molecule is CCOC(=O)c1ccc(N)c(OC2CCOCC2)c1. The number of carbonyl (C=O) groups excluding carboxylic acids is 1. The van der Waals surface area contributed by atoms with Crippen molar-refractivity contribution >= 4 is 11.7 Å². The fraction of sp³-hybridized carbons (Fsp3) is 0.500. The van der Waals surface area contributed by atoms with E-state index in [1.807, 2.05) is 0 Å². The highest BCUT2D eigenvalue weighted by atomic mass is 16.5. The standard InChI is InChI=1S/C14H19NO4/c1-2-18-14(16)10-3-4-12(15)13(9-10)19-11-5-7-17-8-6-11/h3-4,9,11H,2,5-8,15H2,1H3. The molecule has 2 N–H and O–H groups in total. The Morgan fingerprint density at radius 3 is 2.84 bits per heavy atom. The lowest BCUT2D eigenvalue weighted by Gasteiger charge is -2.24. The first-order chi connectivity index (χ1) is 9.20. The maximum absolute atomic E-state index is 11.7. The molecule has 104 valence electrons. The molecular formula is C14H19NO4. The highest BCUT2D eigenvalue weighted by Crippen LogP contribution is 2.26. The molecule has 1 saturated heterocycles. The summed E-state index contributed by atoms with van der Waals surface area (Å²) in [4.78, 5) is 11.7. The van der Waals surface area contributed by atoms with E-state index in [2.05, 4.69) is 0 Å². The van der Waals surface area contributed by atoms with Gasteiger partial charge in [-0.3, -0.25) is 0 Å². The van der Waals surface area contributed by atoms with Gasteiger partial charge in [-0.2, -0.15) is 0 Å². The molecule has 0 aromatic heterocycles. The first-order valence-corrected chi connectivity index (χ1v) is 6.51. The van der Waals surface area contributed by atoms with Crippen LogP contribution in [0.15, 0.2) is 18.2 Å². The number of nitrogen functional groups attached to an aromatic ring is 1. The third-order valence-electron chi connectivity index (χ3n) is 2.99. The summed E-state index contributed by atoms with van der Waals surface area (Å²) in [5, 5.41) is 0. The average molecular weight is 265 g/mol. The Morgan fingerprint density at radius 1 is 1.42 bits per heavy atom. The minimum absolute atomic E-state index is 0.0912. The van der Waals surface area contributed by atoms with Gasteiger partial charge in [-0.05, 0) is 25.1 Å². The zero-order valence-electron chi connectivity index (χ0n) is 11.1. The van der Waals surface area contributed by atoms with Crippen molar-refractivity contribution in [2.75, 3.05) is 25.6 Å². The number of hydrogen-bond acceptors (Lipinski definition) is 5. The van der Waals surface area contributed by atoms with Crippen molar-refractivity contribution in [1.29, 1.82) is 0 Å². The van der Waals surface area contributed by atoms with Gasteiger partial charge in [0.2, 0.25) is 0 Å². The molecule has 1 aliphatic heterocycles. The highest BCUT2D eigenvalue weighted by Gasteiger charge is 2.17. The molecular weight excluding hydrogens is 246 g/mol. The van der Waals surface area contributed by atoms with E-state index >= 15 is 0 Å². The van der Waals surface area contributed by atoms with Crippen molar-refractivity contribution in [2.24, 2.45) is 0 Å². The van der Waals surface area contributed by atoms with Gasteiger partial charge in [0, 0.05) is 12.8 Å². The Morgan fingerprint density at radius 2 is 2.16 bits per heavy atom. The van der Waals surface area contributed by atoms with Crippen molar-refractivity contribution in [3.63, 3.8) is 0 Å². The number of benzene rings is 1. The molecule has 1 aromatic rings. The molecule has 5 nitrogen and oxygen atoms in total. The summed E-state index contributed by atoms with van der Waals surface area (Å²) in [5.41, 5.74) is 6.86. The molecule has 0 amide bonds. The monoisotopic (exact) mass is 265 g/mol. The summed E-state index contributed by atoms with van der Waals surface area (Å²) >= 11 is 0. The third-order valence-corrected chi connectivity index (χ3v) is 2.99. The maximum Gasteiger partial charge on any atom is 0.338 e. The van der Waals surface area contributed by atoms with E-state index in [1.165, 1.54) is 0 Å². The van der Waals surface area contributed by atoms with Gasteiger partial charge in [0.15, 0.2) is 0 Å². The molecule has 1 aliphatic rings. The first-order valence-electron chi connectivity index (χ1n) is 6.51. The van der Waals surface area contributed by atoms with E-state index in [0.29, 0.717) is 36.8 Å². The van der Waals surface area contributed by atoms with Crippen LogP contribution in [0.3, 0.4) is 0 Å². The Bertz CT molecular complexity index is 441. The van der Waals surface area contributed by atoms with E-state index in [1.54, 1.807) is 25.1 Å². The second-order valence-electron chi connectivity index (χ2n) is 4.40. The van der Waals surface area contributed by atoms with Crippen LogP contribution in [0.25, 0.3) is 0 Å². The van der Waals surface area contributed by atoms with Crippen LogP contribution < -0.4 is 10.5 Å². The molecule has 1 heterocycles. The lowest BCUT2D eigenvalue weighted by atomic mass is 10.1. The Labute approximate surface area is 112 Å². The molecule has 19 heavy (non-hydrogen) atoms. The van der Waals surface area contributed by atoms with Crippen LogP contribution in [0.1, 0.15) is 30.1 Å². The third kappa shape index (κ3) is 3.61. The number of carbonyl (C=O) groups is 1. The fourth-order valence-electron chi connectivity index (χ4n) is 1.95. The molecule has 0 aliphatic carbocycles. The number of nitrogens with two attached hydrogens (primary N) is 1. The predicted molar refractivity (Wildman–Crippen MR) is 71.3 cm³/mol. The average Bonchev–Trinajstić information content (AvgIpc) is 2.42. The number of anilines is 1. The molecule has 0 radical (unpaired) electrons. The van der Waals surface area contributed by atoms with Crippen molar-refractivity contribution < 1.29 is 19.0 Å². The molecule has 0 spiro atoms. The van der Waals surface area contributed by atoms with Gasteiger partial charge >= 0.3 is 5.97 Å². The summed E-state index contributed by atoms with van der Waals surface area (Å²) in [7, 11) is 0. The van der Waals surface area contributed by atoms with Crippen LogP contribution in [0.5, 0.6) is 5.75 Å². The van der Waals surface area contributed by atoms with Gasteiger partial charge in [-0.1, -0.05) is 0 Å². The van der Waals surface area contributed by atoms with Crippen LogP contribution in [0, 0.1) is 0 Å². The van der Waals surface area contributed by atoms with E-state index in [0.717, 1.165) is 12.8 Å². The second-order valence-corrected chi connectivity index (χ2v) is 4.40. The molecule has 1 fully saturated rings. The fourth-order valence-corrected chi connectivity index (χ4v) is 1.95. The minimum atomic E-state index is -0.362. The van der Waals surface area contributed by atoms with Crippen molar-refractivity contribution in [1.82, 2.24) is 0 Å². The van der Waals surface area contributed by atoms with E-state index < -0.39 is 0 Å². The van der Waals surface area contributed by atoms with Gasteiger partial charge in [0.1, 0.15) is 11.9 Å². The molecule has 0 bridgehead atoms. The van der Waals surface area contributed by atoms with E-state index in [4.69, 9.17) is 19.9 Å². The molecule has 0 unspecified atom stereocenters. The van der Waals surface area contributed by atoms with Gasteiger partial charge in [-0.25, -0.2) is 4.79 Å². The molecule has 0 atom stereocenters. The van der Waals surface area contributed by atoms with Crippen LogP contribution in [-0.4, -0.2) is 31.9 Å². The molecule has 5 heteroatoms. The lowest BCUT2D eigenvalue weighted by molar-refractivity contribution is 0.0257. The number of rotatable bonds is 4. The Hall–Kier alpha value is -1.75. The van der Waals surface area contributed by atoms with Crippen LogP contribution >= 0.6 is 0 Å². The van der Waals surface area contributed by atoms with E-state index in [-0.39, 0.29) is 12.1 Å². The quantitative estimate of drug-likeness (QED) is 0.666. The van der Waals surface area contributed by atoms with Crippen LogP contribution in [-0.2, 0) is 9.47 Å². The Kier molecular flexibility index (Phi) is 4.63. The number of ether oxygens (including phenoxy) is 3. The number of esters is 1. The smallest absolute Gasteiger partial charge is 0.338 e. The predicted octanol–water partition coefficient (Wildman–Crippen LogP) is 2.00. The van der Waals surface area contributed by atoms with Gasteiger partial charge in [0.05, 0.1) is 31.1 Å². The molecule has 0 saturated carbocycles. The normalized spacial score (nSPS) is 16.1.